The van der Waals surface area contributed by atoms with Crippen molar-refractivity contribution in [1.29, 1.82) is 0 Å². The molecule has 0 saturated carbocycles. The van der Waals surface area contributed by atoms with Gasteiger partial charge in [-0.15, -0.1) is 0 Å². The van der Waals surface area contributed by atoms with E-state index in [-0.39, 0.29) is 5.91 Å². The number of likely N-dealkylation sites (tertiary alicyclic amines) is 1. The fraction of sp³-hybridized carbons (Fsp3) is 0.588. The van der Waals surface area contributed by atoms with E-state index in [1.165, 1.54) is 0 Å². The first-order valence-corrected chi connectivity index (χ1v) is 8.81. The number of nitrogens with zero attached hydrogens (tertiary/aromatic N) is 1. The highest BCUT2D eigenvalue weighted by Gasteiger charge is 2.26. The van der Waals surface area contributed by atoms with Crippen molar-refractivity contribution in [1.82, 2.24) is 10.2 Å². The first-order valence-electron chi connectivity index (χ1n) is 8.02. The molecule has 4 nitrogen and oxygen atoms in total. The second kappa shape index (κ2) is 8.53. The van der Waals surface area contributed by atoms with Crippen molar-refractivity contribution in [3.05, 3.63) is 28.7 Å². The quantitative estimate of drug-likeness (QED) is 0.838. The Labute approximate surface area is 141 Å². The number of hydrogen-bond donors (Lipinski definition) is 1. The van der Waals surface area contributed by atoms with Crippen LogP contribution >= 0.6 is 15.9 Å². The van der Waals surface area contributed by atoms with Crippen molar-refractivity contribution in [2.75, 3.05) is 26.2 Å². The summed E-state index contributed by atoms with van der Waals surface area (Å²) < 4.78 is 6.72. The summed E-state index contributed by atoms with van der Waals surface area (Å²) in [5, 5.41) is 3.39. The van der Waals surface area contributed by atoms with Crippen molar-refractivity contribution < 1.29 is 9.53 Å². The summed E-state index contributed by atoms with van der Waals surface area (Å²) >= 11 is 3.41. The van der Waals surface area contributed by atoms with E-state index in [1.807, 2.05) is 36.1 Å². The zero-order chi connectivity index (χ0) is 15.9. The highest BCUT2D eigenvalue weighted by Crippen LogP contribution is 2.21. The minimum Gasteiger partial charge on any atom is -0.481 e. The van der Waals surface area contributed by atoms with Gasteiger partial charge in [-0.3, -0.25) is 4.79 Å². The number of amides is 1. The second-order valence-electron chi connectivity index (χ2n) is 5.79. The number of ether oxygens (including phenoxy) is 1. The number of rotatable bonds is 6. The number of halogens is 1. The van der Waals surface area contributed by atoms with Gasteiger partial charge >= 0.3 is 0 Å². The Morgan fingerprint density at radius 3 is 2.82 bits per heavy atom. The Hall–Kier alpha value is -1.07. The first-order chi connectivity index (χ1) is 10.6. The van der Waals surface area contributed by atoms with Crippen LogP contribution in [0.2, 0.25) is 0 Å². The molecule has 22 heavy (non-hydrogen) atoms. The maximum Gasteiger partial charge on any atom is 0.263 e. The van der Waals surface area contributed by atoms with Crippen molar-refractivity contribution >= 4 is 21.8 Å². The monoisotopic (exact) mass is 368 g/mol. The van der Waals surface area contributed by atoms with Gasteiger partial charge in [-0.2, -0.15) is 0 Å². The fourth-order valence-electron chi connectivity index (χ4n) is 2.76. The fourth-order valence-corrected chi connectivity index (χ4v) is 3.14. The third-order valence-electron chi connectivity index (χ3n) is 4.07. The summed E-state index contributed by atoms with van der Waals surface area (Å²) in [6.45, 7) is 7.69. The van der Waals surface area contributed by atoms with Gasteiger partial charge in [0.2, 0.25) is 0 Å². The molecule has 0 bridgehead atoms. The average Bonchev–Trinajstić information content (AvgIpc) is 2.52. The molecule has 0 radical (unpaired) electrons. The van der Waals surface area contributed by atoms with Crippen molar-refractivity contribution in [3.63, 3.8) is 0 Å². The Bertz CT molecular complexity index is 487. The van der Waals surface area contributed by atoms with Gasteiger partial charge in [0.25, 0.3) is 5.91 Å². The molecule has 1 unspecified atom stereocenters. The molecule has 1 fully saturated rings. The first kappa shape index (κ1) is 17.3. The Morgan fingerprint density at radius 1 is 1.45 bits per heavy atom. The molecule has 1 amide bonds. The molecule has 0 spiro atoms. The SMILES string of the molecule is CCNCC1CCN(C(=O)C(C)Oc2cccc(Br)c2)CC1. The highest BCUT2D eigenvalue weighted by molar-refractivity contribution is 9.10. The molecule has 0 aliphatic carbocycles. The number of carbonyl (C=O) groups is 1. The number of hydrogen-bond acceptors (Lipinski definition) is 3. The van der Waals surface area contributed by atoms with Gasteiger partial charge in [0.15, 0.2) is 6.10 Å². The summed E-state index contributed by atoms with van der Waals surface area (Å²) in [5.74, 6) is 1.49. The number of carbonyl (C=O) groups excluding carboxylic acids is 1. The largest absolute Gasteiger partial charge is 0.481 e. The van der Waals surface area contributed by atoms with Crippen LogP contribution in [0.5, 0.6) is 5.75 Å². The normalized spacial score (nSPS) is 17.3. The number of benzene rings is 1. The zero-order valence-electron chi connectivity index (χ0n) is 13.3. The van der Waals surface area contributed by atoms with E-state index in [2.05, 4.69) is 28.2 Å². The van der Waals surface area contributed by atoms with Crippen LogP contribution in [-0.2, 0) is 4.79 Å². The summed E-state index contributed by atoms with van der Waals surface area (Å²) in [4.78, 5) is 14.4. The van der Waals surface area contributed by atoms with E-state index in [0.29, 0.717) is 5.92 Å². The van der Waals surface area contributed by atoms with Crippen LogP contribution in [0.1, 0.15) is 26.7 Å². The van der Waals surface area contributed by atoms with Crippen LogP contribution < -0.4 is 10.1 Å². The maximum atomic E-state index is 12.5. The van der Waals surface area contributed by atoms with Gasteiger partial charge in [-0.25, -0.2) is 0 Å². The summed E-state index contributed by atoms with van der Waals surface area (Å²) in [7, 11) is 0. The molecule has 1 aromatic carbocycles. The molecular formula is C17H25BrN2O2. The Kier molecular flexibility index (Phi) is 6.70. The third kappa shape index (κ3) is 4.99. The summed E-state index contributed by atoms with van der Waals surface area (Å²) in [5.41, 5.74) is 0. The van der Waals surface area contributed by atoms with Crippen LogP contribution in [0.25, 0.3) is 0 Å². The standard InChI is InChI=1S/C17H25BrN2O2/c1-3-19-12-14-7-9-20(10-8-14)17(21)13(2)22-16-6-4-5-15(18)11-16/h4-6,11,13-14,19H,3,7-10,12H2,1-2H3. The smallest absolute Gasteiger partial charge is 0.263 e. The molecule has 1 saturated heterocycles. The Balaban J connectivity index is 1.81. The van der Waals surface area contributed by atoms with E-state index in [4.69, 9.17) is 4.74 Å². The molecule has 122 valence electrons. The zero-order valence-corrected chi connectivity index (χ0v) is 14.9. The van der Waals surface area contributed by atoms with E-state index < -0.39 is 6.10 Å². The molecule has 1 aliphatic rings. The lowest BCUT2D eigenvalue weighted by Crippen LogP contribution is -2.45. The van der Waals surface area contributed by atoms with Crippen LogP contribution in [0.15, 0.2) is 28.7 Å². The predicted molar refractivity (Wildman–Crippen MR) is 92.1 cm³/mol. The van der Waals surface area contributed by atoms with Crippen molar-refractivity contribution in [2.45, 2.75) is 32.8 Å². The van der Waals surface area contributed by atoms with Crippen molar-refractivity contribution in [3.8, 4) is 5.75 Å². The lowest BCUT2D eigenvalue weighted by Gasteiger charge is -2.33. The second-order valence-corrected chi connectivity index (χ2v) is 6.71. The predicted octanol–water partition coefficient (Wildman–Crippen LogP) is 3.06. The molecule has 0 aromatic heterocycles. The molecule has 1 aromatic rings. The highest BCUT2D eigenvalue weighted by atomic mass is 79.9. The van der Waals surface area contributed by atoms with Crippen LogP contribution in [0.4, 0.5) is 0 Å². The van der Waals surface area contributed by atoms with Crippen LogP contribution in [-0.4, -0.2) is 43.1 Å². The third-order valence-corrected chi connectivity index (χ3v) is 4.56. The molecule has 1 aliphatic heterocycles. The lowest BCUT2D eigenvalue weighted by molar-refractivity contribution is -0.139. The molecule has 2 rings (SSSR count). The summed E-state index contributed by atoms with van der Waals surface area (Å²) in [6.07, 6.45) is 1.70. The average molecular weight is 369 g/mol. The molecule has 5 heteroatoms. The Morgan fingerprint density at radius 2 is 2.18 bits per heavy atom. The number of piperidine rings is 1. The molecule has 1 atom stereocenters. The lowest BCUT2D eigenvalue weighted by atomic mass is 9.96. The van der Waals surface area contributed by atoms with Gasteiger partial charge < -0.3 is 15.0 Å². The van der Waals surface area contributed by atoms with E-state index >= 15 is 0 Å². The van der Waals surface area contributed by atoms with E-state index in [1.54, 1.807) is 0 Å². The summed E-state index contributed by atoms with van der Waals surface area (Å²) in [6, 6.07) is 7.60. The van der Waals surface area contributed by atoms with E-state index in [0.717, 1.165) is 49.2 Å². The van der Waals surface area contributed by atoms with Gasteiger partial charge in [-0.05, 0) is 57.0 Å². The molecule has 1 heterocycles. The van der Waals surface area contributed by atoms with Crippen LogP contribution in [0, 0.1) is 5.92 Å². The maximum absolute atomic E-state index is 12.5. The van der Waals surface area contributed by atoms with Gasteiger partial charge in [0, 0.05) is 17.6 Å². The topological polar surface area (TPSA) is 41.6 Å². The minimum atomic E-state index is -0.445. The van der Waals surface area contributed by atoms with Crippen LogP contribution in [0.3, 0.4) is 0 Å². The minimum absolute atomic E-state index is 0.0851. The van der Waals surface area contributed by atoms with Gasteiger partial charge in [0.1, 0.15) is 5.75 Å². The molecular weight excluding hydrogens is 344 g/mol. The van der Waals surface area contributed by atoms with Crippen molar-refractivity contribution in [2.24, 2.45) is 5.92 Å². The van der Waals surface area contributed by atoms with E-state index in [9.17, 15) is 4.79 Å². The molecule has 1 N–H and O–H groups in total. The van der Waals surface area contributed by atoms with Gasteiger partial charge in [-0.1, -0.05) is 28.9 Å². The number of nitrogens with one attached hydrogen (secondary N) is 1. The van der Waals surface area contributed by atoms with Gasteiger partial charge in [0.05, 0.1) is 0 Å².